The first-order valence-corrected chi connectivity index (χ1v) is 10.6. The van der Waals surface area contributed by atoms with Crippen molar-refractivity contribution in [2.75, 3.05) is 5.32 Å². The Hall–Kier alpha value is -3.22. The van der Waals surface area contributed by atoms with Crippen molar-refractivity contribution in [1.82, 2.24) is 14.4 Å². The summed E-state index contributed by atoms with van der Waals surface area (Å²) in [6.45, 7) is 1.98. The van der Waals surface area contributed by atoms with Crippen LogP contribution in [0, 0.1) is 12.7 Å². The van der Waals surface area contributed by atoms with E-state index in [0.717, 1.165) is 27.5 Å². The molecule has 0 saturated heterocycles. The molecule has 0 unspecified atom stereocenters. The van der Waals surface area contributed by atoms with Crippen LogP contribution in [0.15, 0.2) is 72.4 Å². The third kappa shape index (κ3) is 3.14. The van der Waals surface area contributed by atoms with Crippen molar-refractivity contribution in [2.24, 2.45) is 0 Å². The number of pyridine rings is 1. The molecule has 0 radical (unpaired) electrons. The highest BCUT2D eigenvalue weighted by Gasteiger charge is 2.22. The summed E-state index contributed by atoms with van der Waals surface area (Å²) >= 11 is 7.99. The summed E-state index contributed by atoms with van der Waals surface area (Å²) < 4.78 is 16.7. The summed E-state index contributed by atoms with van der Waals surface area (Å²) in [4.78, 5) is 9.38. The van der Waals surface area contributed by atoms with Crippen LogP contribution in [0.3, 0.4) is 0 Å². The van der Waals surface area contributed by atoms with Crippen molar-refractivity contribution in [1.29, 1.82) is 0 Å². The van der Waals surface area contributed by atoms with Gasteiger partial charge in [0.1, 0.15) is 11.5 Å². The minimum Gasteiger partial charge on any atom is -0.338 e. The van der Waals surface area contributed by atoms with Crippen LogP contribution in [0.2, 0.25) is 5.02 Å². The number of hydrogen-bond acceptors (Lipinski definition) is 4. The largest absolute Gasteiger partial charge is 0.338 e. The lowest BCUT2D eigenvalue weighted by molar-refractivity contribution is 0.624. The van der Waals surface area contributed by atoms with Crippen molar-refractivity contribution in [3.05, 3.63) is 88.8 Å². The molecule has 0 atom stereocenters. The second-order valence-electron chi connectivity index (χ2n) is 6.83. The molecule has 5 rings (SSSR count). The summed E-state index contributed by atoms with van der Waals surface area (Å²) in [5.74, 6) is 0.231. The van der Waals surface area contributed by atoms with Gasteiger partial charge in [0.2, 0.25) is 0 Å². The molecule has 0 aliphatic rings. The first-order chi connectivity index (χ1) is 14.6. The minimum absolute atomic E-state index is 0.382. The zero-order valence-corrected chi connectivity index (χ0v) is 17.5. The van der Waals surface area contributed by atoms with Gasteiger partial charge in [0.25, 0.3) is 0 Å². The third-order valence-corrected chi connectivity index (χ3v) is 6.07. The lowest BCUT2D eigenvalue weighted by atomic mass is 10.1. The monoisotopic (exact) mass is 434 g/mol. The number of para-hydroxylation sites is 1. The quantitative estimate of drug-likeness (QED) is 0.332. The molecule has 5 aromatic rings. The molecule has 148 valence electrons. The number of benzene rings is 2. The summed E-state index contributed by atoms with van der Waals surface area (Å²) in [6, 6.07) is 17.4. The van der Waals surface area contributed by atoms with Crippen LogP contribution in [0.5, 0.6) is 0 Å². The Balaban J connectivity index is 1.79. The Kier molecular flexibility index (Phi) is 4.73. The number of halogens is 2. The van der Waals surface area contributed by atoms with Crippen LogP contribution in [-0.4, -0.2) is 14.4 Å². The molecule has 7 heteroatoms. The van der Waals surface area contributed by atoms with Crippen molar-refractivity contribution in [2.45, 2.75) is 6.92 Å². The van der Waals surface area contributed by atoms with Gasteiger partial charge in [0.05, 0.1) is 22.6 Å². The van der Waals surface area contributed by atoms with Crippen LogP contribution in [0.1, 0.15) is 5.56 Å². The highest BCUT2D eigenvalue weighted by molar-refractivity contribution is 7.15. The standard InChI is InChI=1S/C23H16ClFN4S/c1-14-6-5-9-17(24)20(14)27-22-21(16-10-11-26-12-18(16)25)28-23-29(22)19(13-30-23)15-7-3-2-4-8-15/h2-13,27H,1H3. The fourth-order valence-corrected chi connectivity index (χ4v) is 4.62. The zero-order chi connectivity index (χ0) is 20.7. The fourth-order valence-electron chi connectivity index (χ4n) is 3.45. The lowest BCUT2D eigenvalue weighted by Crippen LogP contribution is -2.01. The number of aryl methyl sites for hydroxylation is 1. The van der Waals surface area contributed by atoms with Gasteiger partial charge in [-0.3, -0.25) is 9.38 Å². The van der Waals surface area contributed by atoms with E-state index >= 15 is 0 Å². The third-order valence-electron chi connectivity index (χ3n) is 4.93. The van der Waals surface area contributed by atoms with E-state index < -0.39 is 5.82 Å². The number of imidazole rings is 1. The molecule has 3 aromatic heterocycles. The first kappa shape index (κ1) is 18.8. The van der Waals surface area contributed by atoms with Crippen LogP contribution in [0.4, 0.5) is 15.9 Å². The van der Waals surface area contributed by atoms with E-state index in [1.807, 2.05) is 59.9 Å². The number of anilines is 2. The molecule has 0 spiro atoms. The van der Waals surface area contributed by atoms with Gasteiger partial charge in [0.15, 0.2) is 10.8 Å². The maximum atomic E-state index is 14.6. The molecule has 3 heterocycles. The number of nitrogens with zero attached hydrogens (tertiary/aromatic N) is 3. The molecule has 0 fully saturated rings. The Morgan fingerprint density at radius 3 is 2.67 bits per heavy atom. The topological polar surface area (TPSA) is 42.2 Å². The summed E-state index contributed by atoms with van der Waals surface area (Å²) in [7, 11) is 0. The van der Waals surface area contributed by atoms with Crippen molar-refractivity contribution >= 4 is 39.4 Å². The number of hydrogen-bond donors (Lipinski definition) is 1. The van der Waals surface area contributed by atoms with Gasteiger partial charge in [-0.2, -0.15) is 0 Å². The molecule has 0 bridgehead atoms. The molecule has 1 N–H and O–H groups in total. The second kappa shape index (κ2) is 7.55. The van der Waals surface area contributed by atoms with E-state index in [4.69, 9.17) is 16.6 Å². The van der Waals surface area contributed by atoms with Crippen LogP contribution in [0.25, 0.3) is 27.5 Å². The van der Waals surface area contributed by atoms with E-state index in [1.165, 1.54) is 17.5 Å². The normalized spacial score (nSPS) is 11.2. The van der Waals surface area contributed by atoms with E-state index in [0.29, 0.717) is 22.1 Å². The van der Waals surface area contributed by atoms with E-state index in [2.05, 4.69) is 15.7 Å². The van der Waals surface area contributed by atoms with Gasteiger partial charge < -0.3 is 5.32 Å². The SMILES string of the molecule is Cc1cccc(Cl)c1Nc1c(-c2ccncc2F)nc2scc(-c3ccccc3)n12. The molecular formula is C23H16ClFN4S. The number of rotatable bonds is 4. The maximum absolute atomic E-state index is 14.6. The predicted molar refractivity (Wildman–Crippen MR) is 121 cm³/mol. The highest BCUT2D eigenvalue weighted by atomic mass is 35.5. The van der Waals surface area contributed by atoms with Crippen LogP contribution < -0.4 is 5.32 Å². The highest BCUT2D eigenvalue weighted by Crippen LogP contribution is 2.39. The Morgan fingerprint density at radius 1 is 1.07 bits per heavy atom. The smallest absolute Gasteiger partial charge is 0.196 e. The molecule has 0 aliphatic carbocycles. The van der Waals surface area contributed by atoms with Gasteiger partial charge in [-0.1, -0.05) is 54.1 Å². The fraction of sp³-hybridized carbons (Fsp3) is 0.0435. The summed E-state index contributed by atoms with van der Waals surface area (Å²) in [5.41, 5.74) is 4.65. The van der Waals surface area contributed by atoms with Crippen molar-refractivity contribution < 1.29 is 4.39 Å². The number of thiazole rings is 1. The van der Waals surface area contributed by atoms with Gasteiger partial charge in [0, 0.05) is 17.1 Å². The molecule has 0 aliphatic heterocycles. The Bertz CT molecular complexity index is 1340. The average Bonchev–Trinajstić information content (AvgIpc) is 3.32. The van der Waals surface area contributed by atoms with E-state index in [9.17, 15) is 4.39 Å². The van der Waals surface area contributed by atoms with Crippen molar-refractivity contribution in [3.63, 3.8) is 0 Å². The number of fused-ring (bicyclic) bond motifs is 1. The van der Waals surface area contributed by atoms with Gasteiger partial charge in [-0.25, -0.2) is 9.37 Å². The predicted octanol–water partition coefficient (Wildman–Crippen LogP) is 6.97. The average molecular weight is 435 g/mol. The molecule has 4 nitrogen and oxygen atoms in total. The Morgan fingerprint density at radius 2 is 1.90 bits per heavy atom. The lowest BCUT2D eigenvalue weighted by Gasteiger charge is -2.14. The van der Waals surface area contributed by atoms with Crippen LogP contribution >= 0.6 is 22.9 Å². The summed E-state index contributed by atoms with van der Waals surface area (Å²) in [6.07, 6.45) is 2.76. The van der Waals surface area contributed by atoms with Crippen LogP contribution in [-0.2, 0) is 0 Å². The summed E-state index contributed by atoms with van der Waals surface area (Å²) in [5, 5.41) is 6.08. The maximum Gasteiger partial charge on any atom is 0.196 e. The minimum atomic E-state index is -0.427. The van der Waals surface area contributed by atoms with Crippen molar-refractivity contribution in [3.8, 4) is 22.5 Å². The van der Waals surface area contributed by atoms with E-state index in [-0.39, 0.29) is 0 Å². The Labute approximate surface area is 181 Å². The molecule has 2 aromatic carbocycles. The molecule has 0 saturated carbocycles. The first-order valence-electron chi connectivity index (χ1n) is 9.31. The zero-order valence-electron chi connectivity index (χ0n) is 15.9. The second-order valence-corrected chi connectivity index (χ2v) is 8.07. The molecule has 30 heavy (non-hydrogen) atoms. The van der Waals surface area contributed by atoms with E-state index in [1.54, 1.807) is 12.3 Å². The van der Waals surface area contributed by atoms with Gasteiger partial charge in [-0.15, -0.1) is 11.3 Å². The van der Waals surface area contributed by atoms with Gasteiger partial charge >= 0.3 is 0 Å². The number of aromatic nitrogens is 3. The number of nitrogens with one attached hydrogen (secondary N) is 1. The molecule has 0 amide bonds. The molecular weight excluding hydrogens is 419 g/mol. The van der Waals surface area contributed by atoms with Gasteiger partial charge in [-0.05, 0) is 30.2 Å².